The number of para-hydroxylation sites is 4. The third-order valence-electron chi connectivity index (χ3n) is 15.2. The molecule has 2 heteroatoms. The molecule has 0 atom stereocenters. The monoisotopic (exact) mass is 966 g/mol. The van der Waals surface area contributed by atoms with Crippen LogP contribution in [0.5, 0.6) is 0 Å². The predicted molar refractivity (Wildman–Crippen MR) is 325 cm³/mol. The Balaban J connectivity index is 0.914. The average molecular weight is 967 g/mol. The number of rotatable bonds is 10. The summed E-state index contributed by atoms with van der Waals surface area (Å²) in [5.74, 6) is 0. The van der Waals surface area contributed by atoms with Crippen LogP contribution in [0.3, 0.4) is 0 Å². The first-order valence-electron chi connectivity index (χ1n) is 26.2. The van der Waals surface area contributed by atoms with Crippen LogP contribution in [-0.2, 0) is 0 Å². The number of anilines is 6. The highest BCUT2D eigenvalue weighted by molar-refractivity contribution is 6.27. The standard InChI is InChI=1S/C74H50N2/c1-5-23-53(24-6-1)75(54-25-7-2-8-26-54)57-47-43-51(44-48-57)71-63-31-13-17-35-67(63)73(68-36-18-14-32-64(68)71)61-41-21-40-60-59(61)39-22-42-62(60)74-69-37-19-15-33-65(69)72(66-34-16-20-38-70(66)74)52-45-49-58(50-46-52)76(55-27-9-3-10-28-55)56-29-11-4-12-30-56/h1-50H. The summed E-state index contributed by atoms with van der Waals surface area (Å²) in [5.41, 5.74) is 16.5. The topological polar surface area (TPSA) is 6.48 Å². The van der Waals surface area contributed by atoms with Crippen molar-refractivity contribution in [3.8, 4) is 44.5 Å². The summed E-state index contributed by atoms with van der Waals surface area (Å²) in [6, 6.07) is 111. The second-order valence-electron chi connectivity index (χ2n) is 19.5. The van der Waals surface area contributed by atoms with Gasteiger partial charge in [-0.3, -0.25) is 0 Å². The zero-order chi connectivity index (χ0) is 50.4. The van der Waals surface area contributed by atoms with Gasteiger partial charge in [0.15, 0.2) is 0 Å². The third-order valence-corrected chi connectivity index (χ3v) is 15.2. The fourth-order valence-electron chi connectivity index (χ4n) is 12.0. The van der Waals surface area contributed by atoms with E-state index in [-0.39, 0.29) is 0 Å². The van der Waals surface area contributed by atoms with Crippen LogP contribution in [-0.4, -0.2) is 0 Å². The van der Waals surface area contributed by atoms with E-state index >= 15 is 0 Å². The van der Waals surface area contributed by atoms with Gasteiger partial charge in [-0.25, -0.2) is 0 Å². The van der Waals surface area contributed by atoms with Gasteiger partial charge < -0.3 is 9.80 Å². The van der Waals surface area contributed by atoms with E-state index in [1.54, 1.807) is 0 Å². The quantitative estimate of drug-likeness (QED) is 0.126. The molecule has 2 nitrogen and oxygen atoms in total. The van der Waals surface area contributed by atoms with Gasteiger partial charge >= 0.3 is 0 Å². The minimum absolute atomic E-state index is 1.11. The molecular weight excluding hydrogens is 917 g/mol. The molecule has 0 fully saturated rings. The molecule has 0 aliphatic carbocycles. The molecule has 14 rings (SSSR count). The van der Waals surface area contributed by atoms with Crippen LogP contribution < -0.4 is 9.80 Å². The Hall–Kier alpha value is -10.0. The van der Waals surface area contributed by atoms with Gasteiger partial charge in [0.25, 0.3) is 0 Å². The second kappa shape index (κ2) is 19.1. The van der Waals surface area contributed by atoms with E-state index in [9.17, 15) is 0 Å². The Bertz CT molecular complexity index is 3940. The Morgan fingerprint density at radius 1 is 0.145 bits per heavy atom. The first-order chi connectivity index (χ1) is 37.8. The Kier molecular flexibility index (Phi) is 11.2. The normalized spacial score (nSPS) is 11.4. The van der Waals surface area contributed by atoms with E-state index in [1.807, 2.05) is 0 Å². The summed E-state index contributed by atoms with van der Waals surface area (Å²) in [4.78, 5) is 4.65. The van der Waals surface area contributed by atoms with Gasteiger partial charge in [0.2, 0.25) is 0 Å². The van der Waals surface area contributed by atoms with E-state index in [2.05, 4.69) is 313 Å². The van der Waals surface area contributed by atoms with Gasteiger partial charge in [0.05, 0.1) is 0 Å². The number of hydrogen-bond acceptors (Lipinski definition) is 2. The van der Waals surface area contributed by atoms with Crippen molar-refractivity contribution in [2.45, 2.75) is 0 Å². The minimum Gasteiger partial charge on any atom is -0.311 e. The molecule has 0 heterocycles. The molecular formula is C74H50N2. The Labute approximate surface area is 443 Å². The maximum absolute atomic E-state index is 2.33. The second-order valence-corrected chi connectivity index (χ2v) is 19.5. The molecule has 0 bridgehead atoms. The maximum Gasteiger partial charge on any atom is 0.0462 e. The SMILES string of the molecule is c1ccc(N(c2ccccc2)c2ccc(-c3c4ccccc4c(-c4cccc5c(-c6c7ccccc7c(-c7ccc(N(c8ccccc8)c8ccccc8)cc7)c7ccccc67)cccc45)c4ccccc34)cc2)cc1. The summed E-state index contributed by atoms with van der Waals surface area (Å²) in [6.07, 6.45) is 0. The van der Waals surface area contributed by atoms with Gasteiger partial charge in [0, 0.05) is 34.1 Å². The van der Waals surface area contributed by atoms with Gasteiger partial charge in [-0.2, -0.15) is 0 Å². The molecule has 0 saturated carbocycles. The smallest absolute Gasteiger partial charge is 0.0462 e. The third kappa shape index (κ3) is 7.66. The lowest BCUT2D eigenvalue weighted by Crippen LogP contribution is -2.09. The largest absolute Gasteiger partial charge is 0.311 e. The average Bonchev–Trinajstić information content (AvgIpc) is 3.49. The van der Waals surface area contributed by atoms with Crippen LogP contribution in [0.2, 0.25) is 0 Å². The summed E-state index contributed by atoms with van der Waals surface area (Å²) in [7, 11) is 0. The van der Waals surface area contributed by atoms with Crippen molar-refractivity contribution in [3.63, 3.8) is 0 Å². The highest BCUT2D eigenvalue weighted by Crippen LogP contribution is 2.50. The molecule has 14 aromatic carbocycles. The van der Waals surface area contributed by atoms with Crippen molar-refractivity contribution in [1.82, 2.24) is 0 Å². The molecule has 0 radical (unpaired) electrons. The molecule has 0 unspecified atom stereocenters. The Morgan fingerprint density at radius 3 is 0.618 bits per heavy atom. The lowest BCUT2D eigenvalue weighted by atomic mass is 9.82. The van der Waals surface area contributed by atoms with Crippen LogP contribution in [0.15, 0.2) is 303 Å². The molecule has 0 N–H and O–H groups in total. The Morgan fingerprint density at radius 2 is 0.355 bits per heavy atom. The lowest BCUT2D eigenvalue weighted by molar-refractivity contribution is 1.28. The van der Waals surface area contributed by atoms with Crippen molar-refractivity contribution >= 4 is 88.0 Å². The summed E-state index contributed by atoms with van der Waals surface area (Å²) in [6.45, 7) is 0. The van der Waals surface area contributed by atoms with Crippen LogP contribution in [0.25, 0.3) is 98.4 Å². The summed E-state index contributed by atoms with van der Waals surface area (Å²) in [5, 5.41) is 12.3. The number of fused-ring (bicyclic) bond motifs is 5. The van der Waals surface area contributed by atoms with Gasteiger partial charge in [-0.05, 0) is 171 Å². The van der Waals surface area contributed by atoms with Gasteiger partial charge in [0.1, 0.15) is 0 Å². The van der Waals surface area contributed by atoms with Crippen molar-refractivity contribution < 1.29 is 0 Å². The van der Waals surface area contributed by atoms with Gasteiger partial charge in [-0.15, -0.1) is 0 Å². The van der Waals surface area contributed by atoms with Crippen molar-refractivity contribution in [2.75, 3.05) is 9.80 Å². The highest BCUT2D eigenvalue weighted by Gasteiger charge is 2.23. The van der Waals surface area contributed by atoms with E-state index < -0.39 is 0 Å². The number of nitrogens with zero attached hydrogens (tertiary/aromatic N) is 2. The highest BCUT2D eigenvalue weighted by atomic mass is 15.1. The molecule has 0 aliphatic rings. The van der Waals surface area contributed by atoms with Crippen LogP contribution >= 0.6 is 0 Å². The number of hydrogen-bond donors (Lipinski definition) is 0. The van der Waals surface area contributed by atoms with E-state index in [0.29, 0.717) is 0 Å². The summed E-state index contributed by atoms with van der Waals surface area (Å²) >= 11 is 0. The zero-order valence-corrected chi connectivity index (χ0v) is 41.8. The number of benzene rings is 14. The molecule has 0 aliphatic heterocycles. The molecule has 0 aromatic heterocycles. The fourth-order valence-corrected chi connectivity index (χ4v) is 12.0. The van der Waals surface area contributed by atoms with E-state index in [4.69, 9.17) is 0 Å². The minimum atomic E-state index is 1.11. The van der Waals surface area contributed by atoms with Crippen molar-refractivity contribution in [1.29, 1.82) is 0 Å². The first kappa shape index (κ1) is 44.7. The molecule has 14 aromatic rings. The summed E-state index contributed by atoms with van der Waals surface area (Å²) < 4.78 is 0. The van der Waals surface area contributed by atoms with Crippen LogP contribution in [0, 0.1) is 0 Å². The van der Waals surface area contributed by atoms with Crippen molar-refractivity contribution in [2.24, 2.45) is 0 Å². The van der Waals surface area contributed by atoms with Crippen LogP contribution in [0.1, 0.15) is 0 Å². The molecule has 0 amide bonds. The van der Waals surface area contributed by atoms with E-state index in [0.717, 1.165) is 34.1 Å². The maximum atomic E-state index is 2.33. The van der Waals surface area contributed by atoms with E-state index in [1.165, 1.54) is 98.4 Å². The van der Waals surface area contributed by atoms with Crippen molar-refractivity contribution in [3.05, 3.63) is 303 Å². The molecule has 0 saturated heterocycles. The fraction of sp³-hybridized carbons (Fsp3) is 0. The molecule has 356 valence electrons. The van der Waals surface area contributed by atoms with Gasteiger partial charge in [-0.1, -0.05) is 231 Å². The predicted octanol–water partition coefficient (Wildman–Crippen LogP) is 21.1. The van der Waals surface area contributed by atoms with Crippen LogP contribution in [0.4, 0.5) is 34.1 Å². The zero-order valence-electron chi connectivity index (χ0n) is 41.8. The first-order valence-corrected chi connectivity index (χ1v) is 26.2. The molecule has 76 heavy (non-hydrogen) atoms. The lowest BCUT2D eigenvalue weighted by Gasteiger charge is -2.26. The molecule has 0 spiro atoms.